The maximum absolute atomic E-state index is 12.5. The van der Waals surface area contributed by atoms with E-state index in [1.54, 1.807) is 18.6 Å². The van der Waals surface area contributed by atoms with Crippen molar-refractivity contribution >= 4 is 17.4 Å². The van der Waals surface area contributed by atoms with E-state index in [9.17, 15) is 4.79 Å². The van der Waals surface area contributed by atoms with Gasteiger partial charge in [-0.1, -0.05) is 39.0 Å². The molecule has 0 aliphatic carbocycles. The minimum atomic E-state index is -0.278. The maximum Gasteiger partial charge on any atom is 0.275 e. The van der Waals surface area contributed by atoms with Crippen molar-refractivity contribution in [1.82, 2.24) is 15.0 Å². The van der Waals surface area contributed by atoms with Gasteiger partial charge in [-0.3, -0.25) is 9.78 Å². The van der Waals surface area contributed by atoms with Crippen molar-refractivity contribution in [3.05, 3.63) is 78.0 Å². The number of nitrogens with one attached hydrogen (secondary N) is 2. The highest BCUT2D eigenvalue weighted by Gasteiger charge is 2.19. The smallest absolute Gasteiger partial charge is 0.275 e. The summed E-state index contributed by atoms with van der Waals surface area (Å²) >= 11 is 0. The molecule has 2 aromatic heterocycles. The normalized spacial score (nSPS) is 11.1. The fraction of sp³-hybridized carbons (Fsp3) is 0.238. The Kier molecular flexibility index (Phi) is 5.45. The molecule has 0 bridgehead atoms. The van der Waals surface area contributed by atoms with Gasteiger partial charge in [-0.25, -0.2) is 9.97 Å². The van der Waals surface area contributed by atoms with E-state index >= 15 is 0 Å². The van der Waals surface area contributed by atoms with Crippen molar-refractivity contribution in [2.24, 2.45) is 0 Å². The standard InChI is InChI=1S/C21H23N5O/c1-21(2,3)16-6-4-5-7-17(16)26-20(27)18-13-25-19(14-23-18)24-12-15-8-10-22-11-9-15/h4-11,13-14H,12H2,1-3H3,(H,24,25)(H,26,27). The lowest BCUT2D eigenvalue weighted by molar-refractivity contribution is 0.102. The lowest BCUT2D eigenvalue weighted by Crippen LogP contribution is -2.19. The molecule has 27 heavy (non-hydrogen) atoms. The summed E-state index contributed by atoms with van der Waals surface area (Å²) in [6, 6.07) is 11.6. The first-order chi connectivity index (χ1) is 12.9. The summed E-state index contributed by atoms with van der Waals surface area (Å²) in [7, 11) is 0. The lowest BCUT2D eigenvalue weighted by atomic mass is 9.86. The molecule has 1 aromatic carbocycles. The zero-order valence-corrected chi connectivity index (χ0v) is 15.7. The molecule has 6 nitrogen and oxygen atoms in total. The number of carbonyl (C=O) groups excluding carboxylic acids is 1. The number of anilines is 2. The molecular weight excluding hydrogens is 338 g/mol. The molecule has 2 N–H and O–H groups in total. The van der Waals surface area contributed by atoms with Crippen LogP contribution in [0.2, 0.25) is 0 Å². The molecule has 1 amide bonds. The Hall–Kier alpha value is -3.28. The van der Waals surface area contributed by atoms with Crippen LogP contribution in [0.3, 0.4) is 0 Å². The number of pyridine rings is 1. The van der Waals surface area contributed by atoms with Crippen molar-refractivity contribution in [1.29, 1.82) is 0 Å². The maximum atomic E-state index is 12.5. The van der Waals surface area contributed by atoms with E-state index in [2.05, 4.69) is 46.4 Å². The molecule has 2 heterocycles. The van der Waals surface area contributed by atoms with Crippen LogP contribution in [0.5, 0.6) is 0 Å². The van der Waals surface area contributed by atoms with Gasteiger partial charge in [0.1, 0.15) is 11.5 Å². The molecule has 0 saturated carbocycles. The number of benzene rings is 1. The van der Waals surface area contributed by atoms with Gasteiger partial charge in [-0.2, -0.15) is 0 Å². The third-order valence-electron chi connectivity index (χ3n) is 4.09. The second kappa shape index (κ2) is 7.95. The third kappa shape index (κ3) is 4.88. The van der Waals surface area contributed by atoms with Crippen molar-refractivity contribution < 1.29 is 4.79 Å². The van der Waals surface area contributed by atoms with Crippen molar-refractivity contribution in [2.45, 2.75) is 32.7 Å². The zero-order chi connectivity index (χ0) is 19.3. The Morgan fingerprint density at radius 1 is 1.00 bits per heavy atom. The van der Waals surface area contributed by atoms with Crippen LogP contribution in [0.1, 0.15) is 42.4 Å². The van der Waals surface area contributed by atoms with E-state index in [0.717, 1.165) is 16.8 Å². The summed E-state index contributed by atoms with van der Waals surface area (Å²) < 4.78 is 0. The molecule has 138 valence electrons. The zero-order valence-electron chi connectivity index (χ0n) is 15.7. The number of hydrogen-bond donors (Lipinski definition) is 2. The van der Waals surface area contributed by atoms with E-state index in [1.165, 1.54) is 6.20 Å². The Morgan fingerprint density at radius 3 is 2.41 bits per heavy atom. The molecule has 3 aromatic rings. The number of amides is 1. The Bertz CT molecular complexity index is 902. The number of hydrogen-bond acceptors (Lipinski definition) is 5. The second-order valence-electron chi connectivity index (χ2n) is 7.25. The quantitative estimate of drug-likeness (QED) is 0.717. The van der Waals surface area contributed by atoms with Crippen LogP contribution >= 0.6 is 0 Å². The summed E-state index contributed by atoms with van der Waals surface area (Å²) in [6.07, 6.45) is 6.52. The van der Waals surface area contributed by atoms with Crippen molar-refractivity contribution in [3.8, 4) is 0 Å². The summed E-state index contributed by atoms with van der Waals surface area (Å²) in [5.74, 6) is 0.332. The highest BCUT2D eigenvalue weighted by atomic mass is 16.1. The van der Waals surface area contributed by atoms with Crippen LogP contribution in [0.15, 0.2) is 61.2 Å². The van der Waals surface area contributed by atoms with Gasteiger partial charge in [-0.05, 0) is 34.7 Å². The third-order valence-corrected chi connectivity index (χ3v) is 4.09. The van der Waals surface area contributed by atoms with Gasteiger partial charge in [-0.15, -0.1) is 0 Å². The Labute approximate surface area is 159 Å². The highest BCUT2D eigenvalue weighted by Crippen LogP contribution is 2.29. The first kappa shape index (κ1) is 18.5. The average Bonchev–Trinajstić information content (AvgIpc) is 2.67. The van der Waals surface area contributed by atoms with E-state index in [-0.39, 0.29) is 17.0 Å². The van der Waals surface area contributed by atoms with Crippen molar-refractivity contribution in [2.75, 3.05) is 10.6 Å². The largest absolute Gasteiger partial charge is 0.365 e. The van der Waals surface area contributed by atoms with Gasteiger partial charge < -0.3 is 10.6 Å². The predicted octanol–water partition coefficient (Wildman–Crippen LogP) is 4.03. The molecule has 0 spiro atoms. The average molecular weight is 361 g/mol. The van der Waals surface area contributed by atoms with Crippen LogP contribution in [0.25, 0.3) is 0 Å². The van der Waals surface area contributed by atoms with E-state index in [0.29, 0.717) is 12.4 Å². The van der Waals surface area contributed by atoms with E-state index in [4.69, 9.17) is 0 Å². The minimum Gasteiger partial charge on any atom is -0.365 e. The first-order valence-electron chi connectivity index (χ1n) is 8.79. The highest BCUT2D eigenvalue weighted by molar-refractivity contribution is 6.03. The van der Waals surface area contributed by atoms with Crippen molar-refractivity contribution in [3.63, 3.8) is 0 Å². The molecule has 0 saturated heterocycles. The molecule has 0 unspecified atom stereocenters. The van der Waals surface area contributed by atoms with Crippen LogP contribution in [0.4, 0.5) is 11.5 Å². The predicted molar refractivity (Wildman–Crippen MR) is 107 cm³/mol. The topological polar surface area (TPSA) is 79.8 Å². The molecule has 0 atom stereocenters. The molecular formula is C21H23N5O. The van der Waals surface area contributed by atoms with Crippen LogP contribution in [0, 0.1) is 0 Å². The number of para-hydroxylation sites is 1. The first-order valence-corrected chi connectivity index (χ1v) is 8.79. The van der Waals surface area contributed by atoms with E-state index in [1.807, 2.05) is 36.4 Å². The number of aromatic nitrogens is 3. The van der Waals surface area contributed by atoms with Gasteiger partial charge in [0.05, 0.1) is 12.4 Å². The molecule has 6 heteroatoms. The fourth-order valence-corrected chi connectivity index (χ4v) is 2.66. The van der Waals surface area contributed by atoms with Gasteiger partial charge in [0.2, 0.25) is 0 Å². The summed E-state index contributed by atoms with van der Waals surface area (Å²) in [6.45, 7) is 6.95. The minimum absolute atomic E-state index is 0.0731. The van der Waals surface area contributed by atoms with Crippen LogP contribution in [-0.2, 0) is 12.0 Å². The molecule has 0 radical (unpaired) electrons. The van der Waals surface area contributed by atoms with Crippen LogP contribution < -0.4 is 10.6 Å². The second-order valence-corrected chi connectivity index (χ2v) is 7.25. The SMILES string of the molecule is CC(C)(C)c1ccccc1NC(=O)c1cnc(NCc2ccncc2)cn1. The molecule has 3 rings (SSSR count). The Balaban J connectivity index is 1.66. The van der Waals surface area contributed by atoms with Gasteiger partial charge in [0.15, 0.2) is 0 Å². The Morgan fingerprint density at radius 2 is 1.74 bits per heavy atom. The van der Waals surface area contributed by atoms with Crippen LogP contribution in [-0.4, -0.2) is 20.9 Å². The van der Waals surface area contributed by atoms with Gasteiger partial charge in [0, 0.05) is 24.6 Å². The lowest BCUT2D eigenvalue weighted by Gasteiger charge is -2.22. The van der Waals surface area contributed by atoms with Gasteiger partial charge in [0.25, 0.3) is 5.91 Å². The molecule has 0 fully saturated rings. The molecule has 0 aliphatic heterocycles. The van der Waals surface area contributed by atoms with E-state index < -0.39 is 0 Å². The monoisotopic (exact) mass is 361 g/mol. The van der Waals surface area contributed by atoms with Gasteiger partial charge >= 0.3 is 0 Å². The summed E-state index contributed by atoms with van der Waals surface area (Å²) in [5.41, 5.74) is 3.15. The fourth-order valence-electron chi connectivity index (χ4n) is 2.66. The number of carbonyl (C=O) groups is 1. The number of nitrogens with zero attached hydrogens (tertiary/aromatic N) is 3. The number of rotatable bonds is 5. The molecule has 0 aliphatic rings. The summed E-state index contributed by atoms with van der Waals surface area (Å²) in [5, 5.41) is 6.11. The summed E-state index contributed by atoms with van der Waals surface area (Å²) in [4.78, 5) is 25.0.